The van der Waals surface area contributed by atoms with Gasteiger partial charge in [0.2, 0.25) is 0 Å². The summed E-state index contributed by atoms with van der Waals surface area (Å²) < 4.78 is 10.7. The molecule has 0 aliphatic rings. The Hall–Kier alpha value is -2.26. The SMILES string of the molecule is COc1ccc(CC(N)c2coc3ccccc23)cc1. The minimum absolute atomic E-state index is 0.0768. The monoisotopic (exact) mass is 267 g/mol. The molecule has 0 bridgehead atoms. The zero-order valence-corrected chi connectivity index (χ0v) is 11.4. The van der Waals surface area contributed by atoms with Gasteiger partial charge in [-0.1, -0.05) is 30.3 Å². The van der Waals surface area contributed by atoms with Crippen LogP contribution in [0.1, 0.15) is 17.2 Å². The molecule has 3 heteroatoms. The van der Waals surface area contributed by atoms with Crippen molar-refractivity contribution >= 4 is 11.0 Å². The Bertz CT molecular complexity index is 700. The predicted octanol–water partition coefficient (Wildman–Crippen LogP) is 3.68. The molecule has 0 amide bonds. The third-order valence-corrected chi connectivity index (χ3v) is 3.53. The molecule has 2 N–H and O–H groups in total. The van der Waals surface area contributed by atoms with E-state index in [9.17, 15) is 0 Å². The molecule has 1 atom stereocenters. The van der Waals surface area contributed by atoms with Crippen molar-refractivity contribution in [3.8, 4) is 5.75 Å². The third-order valence-electron chi connectivity index (χ3n) is 3.53. The zero-order valence-electron chi connectivity index (χ0n) is 11.4. The Morgan fingerprint density at radius 2 is 1.85 bits per heavy atom. The van der Waals surface area contributed by atoms with Crippen molar-refractivity contribution in [3.05, 3.63) is 65.9 Å². The first-order valence-electron chi connectivity index (χ1n) is 6.62. The fourth-order valence-electron chi connectivity index (χ4n) is 2.41. The van der Waals surface area contributed by atoms with Gasteiger partial charge in [-0.25, -0.2) is 0 Å². The van der Waals surface area contributed by atoms with Crippen molar-refractivity contribution in [3.63, 3.8) is 0 Å². The average Bonchev–Trinajstić information content (AvgIpc) is 2.92. The van der Waals surface area contributed by atoms with Gasteiger partial charge in [-0.05, 0) is 30.2 Å². The Balaban J connectivity index is 1.83. The summed E-state index contributed by atoms with van der Waals surface area (Å²) in [5, 5.41) is 1.09. The Morgan fingerprint density at radius 1 is 1.10 bits per heavy atom. The van der Waals surface area contributed by atoms with Crippen LogP contribution in [0.4, 0.5) is 0 Å². The van der Waals surface area contributed by atoms with Crippen molar-refractivity contribution in [2.45, 2.75) is 12.5 Å². The van der Waals surface area contributed by atoms with Gasteiger partial charge in [-0.2, -0.15) is 0 Å². The highest BCUT2D eigenvalue weighted by Crippen LogP contribution is 2.27. The number of fused-ring (bicyclic) bond motifs is 1. The summed E-state index contributed by atoms with van der Waals surface area (Å²) in [6.07, 6.45) is 2.53. The first-order valence-corrected chi connectivity index (χ1v) is 6.62. The van der Waals surface area contributed by atoms with Crippen LogP contribution in [0.2, 0.25) is 0 Å². The average molecular weight is 267 g/mol. The number of benzene rings is 2. The molecule has 2 aromatic carbocycles. The quantitative estimate of drug-likeness (QED) is 0.784. The summed E-state index contributed by atoms with van der Waals surface area (Å²) in [7, 11) is 1.67. The summed E-state index contributed by atoms with van der Waals surface area (Å²) in [5.74, 6) is 0.857. The minimum atomic E-state index is -0.0768. The summed E-state index contributed by atoms with van der Waals surface area (Å²) >= 11 is 0. The lowest BCUT2D eigenvalue weighted by molar-refractivity contribution is 0.414. The van der Waals surface area contributed by atoms with E-state index >= 15 is 0 Å². The summed E-state index contributed by atoms with van der Waals surface area (Å²) in [6, 6.07) is 15.9. The van der Waals surface area contributed by atoms with Gasteiger partial charge in [0.15, 0.2) is 0 Å². The van der Waals surface area contributed by atoms with E-state index < -0.39 is 0 Å². The van der Waals surface area contributed by atoms with Crippen LogP contribution >= 0.6 is 0 Å². The lowest BCUT2D eigenvalue weighted by Gasteiger charge is -2.10. The van der Waals surface area contributed by atoms with Crippen molar-refractivity contribution < 1.29 is 9.15 Å². The van der Waals surface area contributed by atoms with Gasteiger partial charge in [-0.15, -0.1) is 0 Å². The van der Waals surface area contributed by atoms with E-state index in [0.29, 0.717) is 0 Å². The van der Waals surface area contributed by atoms with Crippen molar-refractivity contribution in [1.29, 1.82) is 0 Å². The number of nitrogens with two attached hydrogens (primary N) is 1. The van der Waals surface area contributed by atoms with E-state index in [1.165, 1.54) is 5.56 Å². The Labute approximate surface area is 118 Å². The third kappa shape index (κ3) is 2.40. The molecule has 0 spiro atoms. The molecule has 3 nitrogen and oxygen atoms in total. The van der Waals surface area contributed by atoms with E-state index in [1.807, 2.05) is 48.5 Å². The molecule has 0 fully saturated rings. The largest absolute Gasteiger partial charge is 0.497 e. The van der Waals surface area contributed by atoms with Gasteiger partial charge in [0.05, 0.1) is 13.4 Å². The summed E-state index contributed by atoms with van der Waals surface area (Å²) in [4.78, 5) is 0. The molecule has 3 rings (SSSR count). The standard InChI is InChI=1S/C17H17NO2/c1-19-13-8-6-12(7-9-13)10-16(18)15-11-20-17-5-3-2-4-14(15)17/h2-9,11,16H,10,18H2,1H3. The van der Waals surface area contributed by atoms with Gasteiger partial charge < -0.3 is 14.9 Å². The van der Waals surface area contributed by atoms with Crippen molar-refractivity contribution in [1.82, 2.24) is 0 Å². The Kier molecular flexibility index (Phi) is 3.44. The molecular formula is C17H17NO2. The second-order valence-corrected chi connectivity index (χ2v) is 4.85. The summed E-state index contributed by atoms with van der Waals surface area (Å²) in [6.45, 7) is 0. The summed E-state index contributed by atoms with van der Waals surface area (Å²) in [5.41, 5.74) is 9.44. The molecule has 0 saturated heterocycles. The number of furan rings is 1. The fraction of sp³-hybridized carbons (Fsp3) is 0.176. The van der Waals surface area contributed by atoms with Crippen LogP contribution in [0, 0.1) is 0 Å². The Morgan fingerprint density at radius 3 is 2.60 bits per heavy atom. The highest BCUT2D eigenvalue weighted by atomic mass is 16.5. The zero-order chi connectivity index (χ0) is 13.9. The maximum Gasteiger partial charge on any atom is 0.134 e. The lowest BCUT2D eigenvalue weighted by Crippen LogP contribution is -2.12. The molecule has 20 heavy (non-hydrogen) atoms. The number of para-hydroxylation sites is 1. The molecule has 1 aromatic heterocycles. The van der Waals surface area contributed by atoms with Gasteiger partial charge in [-0.3, -0.25) is 0 Å². The number of rotatable bonds is 4. The van der Waals surface area contributed by atoms with Crippen LogP contribution in [0.3, 0.4) is 0 Å². The maximum atomic E-state index is 6.32. The number of hydrogen-bond acceptors (Lipinski definition) is 3. The minimum Gasteiger partial charge on any atom is -0.497 e. The molecular weight excluding hydrogens is 250 g/mol. The predicted molar refractivity (Wildman–Crippen MR) is 79.8 cm³/mol. The molecule has 0 aliphatic heterocycles. The van der Waals surface area contributed by atoms with Crippen LogP contribution in [0.5, 0.6) is 5.75 Å². The van der Waals surface area contributed by atoms with Crippen molar-refractivity contribution in [2.75, 3.05) is 7.11 Å². The van der Waals surface area contributed by atoms with Crippen LogP contribution in [-0.2, 0) is 6.42 Å². The molecule has 0 radical (unpaired) electrons. The topological polar surface area (TPSA) is 48.4 Å². The number of hydrogen-bond donors (Lipinski definition) is 1. The van der Waals surface area contributed by atoms with Gasteiger partial charge in [0.1, 0.15) is 11.3 Å². The van der Waals surface area contributed by atoms with E-state index in [0.717, 1.165) is 28.7 Å². The second kappa shape index (κ2) is 5.39. The molecule has 1 heterocycles. The number of methoxy groups -OCH3 is 1. The molecule has 1 unspecified atom stereocenters. The van der Waals surface area contributed by atoms with Gasteiger partial charge in [0.25, 0.3) is 0 Å². The van der Waals surface area contributed by atoms with Gasteiger partial charge >= 0.3 is 0 Å². The van der Waals surface area contributed by atoms with E-state index in [2.05, 4.69) is 0 Å². The molecule has 0 saturated carbocycles. The van der Waals surface area contributed by atoms with Crippen LogP contribution in [-0.4, -0.2) is 7.11 Å². The maximum absolute atomic E-state index is 6.32. The van der Waals surface area contributed by atoms with Crippen molar-refractivity contribution in [2.24, 2.45) is 5.73 Å². The van der Waals surface area contributed by atoms with E-state index in [1.54, 1.807) is 13.4 Å². The fourth-order valence-corrected chi connectivity index (χ4v) is 2.41. The first kappa shape index (κ1) is 12.8. The van der Waals surface area contributed by atoms with Crippen LogP contribution < -0.4 is 10.5 Å². The first-order chi connectivity index (χ1) is 9.78. The smallest absolute Gasteiger partial charge is 0.134 e. The molecule has 102 valence electrons. The van der Waals surface area contributed by atoms with Gasteiger partial charge in [0, 0.05) is 17.0 Å². The van der Waals surface area contributed by atoms with E-state index in [-0.39, 0.29) is 6.04 Å². The highest BCUT2D eigenvalue weighted by molar-refractivity contribution is 5.81. The molecule has 0 aliphatic carbocycles. The van der Waals surface area contributed by atoms with E-state index in [4.69, 9.17) is 14.9 Å². The van der Waals surface area contributed by atoms with Crippen LogP contribution in [0.25, 0.3) is 11.0 Å². The highest BCUT2D eigenvalue weighted by Gasteiger charge is 2.13. The second-order valence-electron chi connectivity index (χ2n) is 4.85. The molecule has 3 aromatic rings. The normalized spacial score (nSPS) is 12.5. The van der Waals surface area contributed by atoms with Crippen LogP contribution in [0.15, 0.2) is 59.2 Å². The number of ether oxygens (including phenoxy) is 1. The lowest BCUT2D eigenvalue weighted by atomic mass is 9.99.